The quantitative estimate of drug-likeness (QED) is 0.389. The molecule has 120 valence electrons. The first-order chi connectivity index (χ1) is 9.12. The number of ketones is 1. The van der Waals surface area contributed by atoms with Gasteiger partial charge in [0.25, 0.3) is 0 Å². The maximum atomic E-state index is 11.6. The molecule has 0 aromatic heterocycles. The van der Waals surface area contributed by atoms with E-state index in [0.717, 1.165) is 32.3 Å². The van der Waals surface area contributed by atoms with Crippen molar-refractivity contribution in [2.24, 2.45) is 5.92 Å². The molecule has 0 radical (unpaired) electrons. The number of carbonyl (C=O) groups excluding carboxylic acids is 1. The molecule has 0 aromatic carbocycles. The van der Waals surface area contributed by atoms with Crippen LogP contribution in [0, 0.1) is 5.92 Å². The number of hydrogen-bond acceptors (Lipinski definition) is 2. The maximum Gasteiger partial charge on any atom is 0.191 e. The maximum absolute atomic E-state index is 11.6. The molecule has 20 heavy (non-hydrogen) atoms. The minimum atomic E-state index is -1.59. The third kappa shape index (κ3) is 7.58. The molecule has 2 nitrogen and oxygen atoms in total. The van der Waals surface area contributed by atoms with E-state index in [1.54, 1.807) is 6.92 Å². The van der Waals surface area contributed by atoms with Gasteiger partial charge in [-0.05, 0) is 44.3 Å². The van der Waals surface area contributed by atoms with E-state index in [4.69, 9.17) is 4.43 Å². The molecule has 0 bridgehead atoms. The van der Waals surface area contributed by atoms with E-state index >= 15 is 0 Å². The summed E-state index contributed by atoms with van der Waals surface area (Å²) in [7, 11) is -1.59. The predicted octanol–water partition coefficient (Wildman–Crippen LogP) is 5.57. The highest BCUT2D eigenvalue weighted by atomic mass is 28.4. The number of hydrogen-bond donors (Lipinski definition) is 0. The summed E-state index contributed by atoms with van der Waals surface area (Å²) in [5.41, 5.74) is 0. The fourth-order valence-corrected chi connectivity index (χ4v) is 3.13. The van der Waals surface area contributed by atoms with Gasteiger partial charge in [-0.25, -0.2) is 0 Å². The SMILES string of the molecule is CCCCC(CCCCO[Si](C)(C)C(C)(C)C)C(C)=O. The van der Waals surface area contributed by atoms with Gasteiger partial charge < -0.3 is 4.43 Å². The van der Waals surface area contributed by atoms with Crippen molar-refractivity contribution >= 4 is 14.1 Å². The van der Waals surface area contributed by atoms with Crippen LogP contribution in [0.2, 0.25) is 18.1 Å². The monoisotopic (exact) mass is 300 g/mol. The predicted molar refractivity (Wildman–Crippen MR) is 90.7 cm³/mol. The summed E-state index contributed by atoms with van der Waals surface area (Å²) in [6.07, 6.45) is 6.65. The molecule has 1 atom stereocenters. The van der Waals surface area contributed by atoms with Crippen molar-refractivity contribution in [3.63, 3.8) is 0 Å². The molecule has 0 aromatic rings. The van der Waals surface area contributed by atoms with Crippen molar-refractivity contribution in [1.29, 1.82) is 0 Å². The first kappa shape index (κ1) is 19.8. The molecule has 0 amide bonds. The lowest BCUT2D eigenvalue weighted by atomic mass is 9.93. The van der Waals surface area contributed by atoms with Crippen LogP contribution < -0.4 is 0 Å². The Hall–Kier alpha value is -0.153. The van der Waals surface area contributed by atoms with Gasteiger partial charge in [0.1, 0.15) is 5.78 Å². The van der Waals surface area contributed by atoms with Crippen LogP contribution in [-0.4, -0.2) is 20.7 Å². The number of rotatable bonds is 10. The standard InChI is InChI=1S/C17H36O2Si/c1-8-9-12-16(15(2)18)13-10-11-14-19-20(6,7)17(3,4)5/h16H,8-14H2,1-7H3. The second-order valence-corrected chi connectivity index (χ2v) is 12.4. The van der Waals surface area contributed by atoms with E-state index in [-0.39, 0.29) is 11.0 Å². The highest BCUT2D eigenvalue weighted by Crippen LogP contribution is 2.36. The number of Topliss-reactive ketones (excluding diaryl/α,β-unsaturated/α-hetero) is 1. The summed E-state index contributed by atoms with van der Waals surface area (Å²) in [5, 5.41) is 0.288. The Morgan fingerprint density at radius 3 is 2.10 bits per heavy atom. The normalized spacial score (nSPS) is 14.3. The van der Waals surface area contributed by atoms with Gasteiger partial charge in [-0.2, -0.15) is 0 Å². The topological polar surface area (TPSA) is 26.3 Å². The van der Waals surface area contributed by atoms with E-state index in [1.165, 1.54) is 12.8 Å². The van der Waals surface area contributed by atoms with Crippen LogP contribution in [0.4, 0.5) is 0 Å². The van der Waals surface area contributed by atoms with Crippen molar-refractivity contribution in [3.8, 4) is 0 Å². The van der Waals surface area contributed by atoms with Gasteiger partial charge in [-0.3, -0.25) is 4.79 Å². The van der Waals surface area contributed by atoms with E-state index < -0.39 is 8.32 Å². The molecule has 0 saturated heterocycles. The van der Waals surface area contributed by atoms with Crippen LogP contribution in [0.15, 0.2) is 0 Å². The number of carbonyl (C=O) groups is 1. The molecule has 0 N–H and O–H groups in total. The Kier molecular flexibility index (Phi) is 8.92. The lowest BCUT2D eigenvalue weighted by Crippen LogP contribution is -2.40. The molecule has 0 aliphatic rings. The largest absolute Gasteiger partial charge is 0.417 e. The van der Waals surface area contributed by atoms with Gasteiger partial charge in [0.15, 0.2) is 8.32 Å². The van der Waals surface area contributed by atoms with Crippen molar-refractivity contribution in [2.75, 3.05) is 6.61 Å². The minimum Gasteiger partial charge on any atom is -0.417 e. The lowest BCUT2D eigenvalue weighted by molar-refractivity contribution is -0.121. The smallest absolute Gasteiger partial charge is 0.191 e. The first-order valence-corrected chi connectivity index (χ1v) is 11.2. The molecule has 1 unspecified atom stereocenters. The second-order valence-electron chi connectivity index (χ2n) is 7.55. The Labute approximate surface area is 127 Å². The summed E-state index contributed by atoms with van der Waals surface area (Å²) in [6, 6.07) is 0. The van der Waals surface area contributed by atoms with Crippen molar-refractivity contribution < 1.29 is 9.22 Å². The highest BCUT2D eigenvalue weighted by molar-refractivity contribution is 6.74. The van der Waals surface area contributed by atoms with Gasteiger partial charge in [-0.15, -0.1) is 0 Å². The molecule has 0 saturated carbocycles. The Balaban J connectivity index is 3.92. The summed E-state index contributed by atoms with van der Waals surface area (Å²) >= 11 is 0. The molecular weight excluding hydrogens is 264 g/mol. The van der Waals surface area contributed by atoms with Crippen LogP contribution in [-0.2, 0) is 9.22 Å². The highest BCUT2D eigenvalue weighted by Gasteiger charge is 2.36. The molecule has 0 spiro atoms. The minimum absolute atomic E-state index is 0.280. The Bertz CT molecular complexity index is 279. The van der Waals surface area contributed by atoms with Crippen LogP contribution >= 0.6 is 0 Å². The van der Waals surface area contributed by atoms with E-state index in [1.807, 2.05) is 0 Å². The molecule has 0 aliphatic carbocycles. The average molecular weight is 301 g/mol. The summed E-state index contributed by atoms with van der Waals surface area (Å²) < 4.78 is 6.17. The van der Waals surface area contributed by atoms with Gasteiger partial charge in [0.2, 0.25) is 0 Å². The van der Waals surface area contributed by atoms with Crippen molar-refractivity contribution in [2.45, 2.75) is 91.3 Å². The van der Waals surface area contributed by atoms with Gasteiger partial charge >= 0.3 is 0 Å². The molecule has 0 heterocycles. The third-order valence-electron chi connectivity index (χ3n) is 4.70. The van der Waals surface area contributed by atoms with Crippen molar-refractivity contribution in [3.05, 3.63) is 0 Å². The van der Waals surface area contributed by atoms with Crippen LogP contribution in [0.3, 0.4) is 0 Å². The van der Waals surface area contributed by atoms with E-state index in [2.05, 4.69) is 40.8 Å². The second kappa shape index (κ2) is 8.99. The zero-order valence-corrected chi connectivity index (χ0v) is 15.8. The Morgan fingerprint density at radius 1 is 1.10 bits per heavy atom. The van der Waals surface area contributed by atoms with E-state index in [9.17, 15) is 4.79 Å². The Morgan fingerprint density at radius 2 is 1.65 bits per heavy atom. The van der Waals surface area contributed by atoms with Crippen LogP contribution in [0.1, 0.15) is 73.1 Å². The summed E-state index contributed by atoms with van der Waals surface area (Å²) in [5.74, 6) is 0.645. The average Bonchev–Trinajstić information content (AvgIpc) is 2.30. The molecule has 0 fully saturated rings. The third-order valence-corrected chi connectivity index (χ3v) is 9.24. The summed E-state index contributed by atoms with van der Waals surface area (Å²) in [4.78, 5) is 11.6. The zero-order valence-electron chi connectivity index (χ0n) is 14.8. The summed E-state index contributed by atoms with van der Waals surface area (Å²) in [6.45, 7) is 16.2. The first-order valence-electron chi connectivity index (χ1n) is 8.26. The molecule has 3 heteroatoms. The van der Waals surface area contributed by atoms with Gasteiger partial charge in [0.05, 0.1) is 0 Å². The number of unbranched alkanes of at least 4 members (excludes halogenated alkanes) is 2. The van der Waals surface area contributed by atoms with Crippen molar-refractivity contribution in [1.82, 2.24) is 0 Å². The fraction of sp³-hybridized carbons (Fsp3) is 0.941. The molecule has 0 rings (SSSR count). The van der Waals surface area contributed by atoms with Crippen LogP contribution in [0.25, 0.3) is 0 Å². The van der Waals surface area contributed by atoms with Crippen LogP contribution in [0.5, 0.6) is 0 Å². The lowest BCUT2D eigenvalue weighted by Gasteiger charge is -2.36. The molecular formula is C17H36O2Si. The van der Waals surface area contributed by atoms with E-state index in [0.29, 0.717) is 5.78 Å². The fourth-order valence-electron chi connectivity index (χ4n) is 2.04. The van der Waals surface area contributed by atoms with Gasteiger partial charge in [0, 0.05) is 12.5 Å². The zero-order chi connectivity index (χ0) is 15.8. The molecule has 0 aliphatic heterocycles. The van der Waals surface area contributed by atoms with Gasteiger partial charge in [-0.1, -0.05) is 47.0 Å².